The number of rotatable bonds is 3. The molecule has 0 saturated heterocycles. The summed E-state index contributed by atoms with van der Waals surface area (Å²) in [5.41, 5.74) is 2.65. The van der Waals surface area contributed by atoms with Crippen LogP contribution >= 0.6 is 0 Å². The molecule has 1 aromatic heterocycles. The third-order valence-corrected chi connectivity index (χ3v) is 5.47. The van der Waals surface area contributed by atoms with Gasteiger partial charge < -0.3 is 4.57 Å². The quantitative estimate of drug-likeness (QED) is 0.749. The normalized spacial score (nSPS) is 26.1. The van der Waals surface area contributed by atoms with E-state index in [9.17, 15) is 4.39 Å². The molecular weight excluding hydrogens is 286 g/mol. The molecule has 4 rings (SSSR count). The van der Waals surface area contributed by atoms with Crippen LogP contribution in [0.15, 0.2) is 41.5 Å². The van der Waals surface area contributed by atoms with Crippen LogP contribution in [0.2, 0.25) is 0 Å². The Labute approximate surface area is 137 Å². The van der Waals surface area contributed by atoms with Gasteiger partial charge in [-0.15, -0.1) is 0 Å². The van der Waals surface area contributed by atoms with Gasteiger partial charge in [-0.05, 0) is 72.9 Å². The Hall–Kier alpha value is -1.84. The minimum absolute atomic E-state index is 0.149. The Morgan fingerprint density at radius 2 is 2.04 bits per heavy atom. The van der Waals surface area contributed by atoms with E-state index in [1.165, 1.54) is 36.2 Å². The maximum atomic E-state index is 13.0. The summed E-state index contributed by atoms with van der Waals surface area (Å²) in [7, 11) is 1.05. The first kappa shape index (κ1) is 14.7. The molecule has 0 bridgehead atoms. The van der Waals surface area contributed by atoms with Crippen molar-refractivity contribution in [2.75, 3.05) is 0 Å². The van der Waals surface area contributed by atoms with E-state index in [-0.39, 0.29) is 5.82 Å². The highest BCUT2D eigenvalue weighted by Crippen LogP contribution is 2.41. The lowest BCUT2D eigenvalue weighted by Crippen LogP contribution is -2.12. The molecule has 2 aliphatic rings. The maximum absolute atomic E-state index is 13.0. The second kappa shape index (κ2) is 5.99. The van der Waals surface area contributed by atoms with Crippen molar-refractivity contribution in [1.82, 2.24) is 4.57 Å². The van der Waals surface area contributed by atoms with Gasteiger partial charge in [0.15, 0.2) is 7.28 Å². The van der Waals surface area contributed by atoms with Gasteiger partial charge in [-0.2, -0.15) is 0 Å². The summed E-state index contributed by atoms with van der Waals surface area (Å²) < 4.78 is 15.4. The SMILES string of the molecule is CC1BC=Nc2c1ccn2C1CCC(Cc2ccc(F)cc2)C1. The summed E-state index contributed by atoms with van der Waals surface area (Å²) in [5.74, 6) is 2.30. The van der Waals surface area contributed by atoms with E-state index in [0.29, 0.717) is 17.8 Å². The van der Waals surface area contributed by atoms with Crippen molar-refractivity contribution in [2.24, 2.45) is 10.9 Å². The van der Waals surface area contributed by atoms with E-state index in [2.05, 4.69) is 34.9 Å². The summed E-state index contributed by atoms with van der Waals surface area (Å²) in [6.07, 6.45) is 9.01. The molecule has 0 radical (unpaired) electrons. The van der Waals surface area contributed by atoms with Gasteiger partial charge in [0, 0.05) is 12.2 Å². The molecule has 3 atom stereocenters. The van der Waals surface area contributed by atoms with Gasteiger partial charge in [0.1, 0.15) is 11.6 Å². The van der Waals surface area contributed by atoms with Crippen LogP contribution in [0.1, 0.15) is 49.2 Å². The lowest BCUT2D eigenvalue weighted by Gasteiger charge is -2.19. The van der Waals surface area contributed by atoms with Crippen molar-refractivity contribution in [1.29, 1.82) is 0 Å². The van der Waals surface area contributed by atoms with E-state index in [1.54, 1.807) is 12.1 Å². The maximum Gasteiger partial charge on any atom is 0.180 e. The predicted molar refractivity (Wildman–Crippen MR) is 94.6 cm³/mol. The van der Waals surface area contributed by atoms with Crippen molar-refractivity contribution >= 4 is 19.2 Å². The number of hydrogen-bond donors (Lipinski definition) is 0. The molecule has 1 aliphatic heterocycles. The van der Waals surface area contributed by atoms with Gasteiger partial charge in [0.05, 0.1) is 0 Å². The van der Waals surface area contributed by atoms with E-state index >= 15 is 0 Å². The second-order valence-corrected chi connectivity index (χ2v) is 7.11. The fourth-order valence-electron chi connectivity index (χ4n) is 4.14. The molecule has 0 spiro atoms. The third kappa shape index (κ3) is 2.87. The summed E-state index contributed by atoms with van der Waals surface area (Å²) in [5, 5.41) is 0. The highest BCUT2D eigenvalue weighted by molar-refractivity contribution is 6.69. The first-order valence-electron chi connectivity index (χ1n) is 8.68. The molecule has 2 heterocycles. The van der Waals surface area contributed by atoms with Gasteiger partial charge in [-0.1, -0.05) is 19.1 Å². The molecule has 118 valence electrons. The number of halogens is 1. The summed E-state index contributed by atoms with van der Waals surface area (Å²) in [6.45, 7) is 2.28. The van der Waals surface area contributed by atoms with Crippen molar-refractivity contribution in [3.63, 3.8) is 0 Å². The second-order valence-electron chi connectivity index (χ2n) is 7.11. The van der Waals surface area contributed by atoms with Crippen molar-refractivity contribution < 1.29 is 4.39 Å². The minimum Gasteiger partial charge on any atom is -0.330 e. The Bertz CT molecular complexity index is 719. The predicted octanol–water partition coefficient (Wildman–Crippen LogP) is 4.38. The number of nitrogens with zero attached hydrogens (tertiary/aromatic N) is 2. The highest BCUT2D eigenvalue weighted by atomic mass is 19.1. The lowest BCUT2D eigenvalue weighted by atomic mass is 9.63. The molecule has 0 amide bonds. The summed E-state index contributed by atoms with van der Waals surface area (Å²) in [4.78, 5) is 4.66. The Balaban J connectivity index is 1.47. The standard InChI is InChI=1S/C19H22BFN2/c1-13-18-8-9-23(19(18)22-12-20-13)17-7-4-15(11-17)10-14-2-5-16(21)6-3-14/h2-3,5-6,8-9,12-13,15,17,20H,4,7,10-11H2,1H3. The van der Waals surface area contributed by atoms with E-state index in [4.69, 9.17) is 0 Å². The molecule has 1 aliphatic carbocycles. The van der Waals surface area contributed by atoms with Crippen LogP contribution < -0.4 is 0 Å². The Kier molecular flexibility index (Phi) is 3.84. The Morgan fingerprint density at radius 1 is 1.22 bits per heavy atom. The topological polar surface area (TPSA) is 17.3 Å². The zero-order valence-electron chi connectivity index (χ0n) is 13.6. The van der Waals surface area contributed by atoms with Crippen molar-refractivity contribution in [2.45, 2.75) is 44.5 Å². The van der Waals surface area contributed by atoms with Crippen molar-refractivity contribution in [3.05, 3.63) is 53.5 Å². The number of hydrogen-bond acceptors (Lipinski definition) is 1. The molecule has 1 fully saturated rings. The average Bonchev–Trinajstić information content (AvgIpc) is 3.17. The smallest absolute Gasteiger partial charge is 0.180 e. The zero-order chi connectivity index (χ0) is 15.8. The van der Waals surface area contributed by atoms with Gasteiger partial charge in [-0.3, -0.25) is 4.99 Å². The molecule has 1 aromatic carbocycles. The first-order valence-corrected chi connectivity index (χ1v) is 8.68. The average molecular weight is 308 g/mol. The van der Waals surface area contributed by atoms with Gasteiger partial charge in [-0.25, -0.2) is 4.39 Å². The number of aromatic nitrogens is 1. The molecule has 0 N–H and O–H groups in total. The lowest BCUT2D eigenvalue weighted by molar-refractivity contribution is 0.478. The largest absolute Gasteiger partial charge is 0.330 e. The molecule has 2 nitrogen and oxygen atoms in total. The third-order valence-electron chi connectivity index (χ3n) is 5.47. The van der Waals surface area contributed by atoms with Crippen LogP contribution in [0.4, 0.5) is 10.2 Å². The molecular formula is C19H22BFN2. The van der Waals surface area contributed by atoms with Crippen LogP contribution in [0.5, 0.6) is 0 Å². The molecule has 3 unspecified atom stereocenters. The fourth-order valence-corrected chi connectivity index (χ4v) is 4.14. The van der Waals surface area contributed by atoms with Crippen LogP contribution in [0.25, 0.3) is 0 Å². The molecule has 2 aromatic rings. The van der Waals surface area contributed by atoms with Crippen LogP contribution in [0.3, 0.4) is 0 Å². The number of benzene rings is 1. The zero-order valence-corrected chi connectivity index (χ0v) is 13.6. The van der Waals surface area contributed by atoms with Crippen LogP contribution in [-0.4, -0.2) is 18.0 Å². The summed E-state index contributed by atoms with van der Waals surface area (Å²) in [6, 6.07) is 9.80. The van der Waals surface area contributed by atoms with Crippen molar-refractivity contribution in [3.8, 4) is 0 Å². The van der Waals surface area contributed by atoms with E-state index in [0.717, 1.165) is 13.7 Å². The minimum atomic E-state index is -0.149. The van der Waals surface area contributed by atoms with Crippen LogP contribution in [-0.2, 0) is 6.42 Å². The monoisotopic (exact) mass is 308 g/mol. The fraction of sp³-hybridized carbons (Fsp3) is 0.421. The molecule has 4 heteroatoms. The van der Waals surface area contributed by atoms with Gasteiger partial charge in [0.25, 0.3) is 0 Å². The van der Waals surface area contributed by atoms with E-state index in [1.807, 2.05) is 12.1 Å². The highest BCUT2D eigenvalue weighted by Gasteiger charge is 2.29. The van der Waals surface area contributed by atoms with E-state index < -0.39 is 0 Å². The van der Waals surface area contributed by atoms with Gasteiger partial charge >= 0.3 is 0 Å². The molecule has 23 heavy (non-hydrogen) atoms. The van der Waals surface area contributed by atoms with Gasteiger partial charge in [0.2, 0.25) is 0 Å². The molecule has 1 saturated carbocycles. The number of aliphatic imine (C=N–C) groups is 1. The van der Waals surface area contributed by atoms with Crippen LogP contribution in [0, 0.1) is 11.7 Å². The Morgan fingerprint density at radius 3 is 2.87 bits per heavy atom. The number of fused-ring (bicyclic) bond motifs is 1. The summed E-state index contributed by atoms with van der Waals surface area (Å²) >= 11 is 0. The first-order chi connectivity index (χ1) is 11.2.